The van der Waals surface area contributed by atoms with Gasteiger partial charge in [0.1, 0.15) is 5.25 Å². The highest BCUT2D eigenvalue weighted by Crippen LogP contribution is 2.27. The molecule has 1 aliphatic rings. The molecule has 1 fully saturated rings. The van der Waals surface area contributed by atoms with E-state index in [0.29, 0.717) is 27.4 Å². The Balaban J connectivity index is 1.57. The predicted octanol–water partition coefficient (Wildman–Crippen LogP) is 3.31. The molecule has 2 N–H and O–H groups in total. The van der Waals surface area contributed by atoms with Gasteiger partial charge in [-0.25, -0.2) is 0 Å². The molecule has 0 spiro atoms. The van der Waals surface area contributed by atoms with Crippen LogP contribution in [0.5, 0.6) is 11.5 Å². The van der Waals surface area contributed by atoms with E-state index in [1.165, 1.54) is 6.21 Å². The Morgan fingerprint density at radius 2 is 1.93 bits per heavy atom. The van der Waals surface area contributed by atoms with E-state index in [0.717, 1.165) is 17.3 Å². The summed E-state index contributed by atoms with van der Waals surface area (Å²) in [5.74, 6) is 0.620. The molecule has 1 heterocycles. The van der Waals surface area contributed by atoms with Gasteiger partial charge in [0.2, 0.25) is 11.8 Å². The molecule has 2 amide bonds. The van der Waals surface area contributed by atoms with Gasteiger partial charge >= 0.3 is 0 Å². The Morgan fingerprint density at radius 1 is 1.20 bits per heavy atom. The molecule has 2 aromatic carbocycles. The van der Waals surface area contributed by atoms with Gasteiger partial charge in [0.05, 0.1) is 20.4 Å². The van der Waals surface area contributed by atoms with Crippen LogP contribution in [-0.4, -0.2) is 42.7 Å². The van der Waals surface area contributed by atoms with Crippen LogP contribution in [0.1, 0.15) is 12.0 Å². The molecule has 0 bridgehead atoms. The molecular formula is C20H19ClN4O4S. The molecule has 3 rings (SSSR count). The third-order valence-electron chi connectivity index (χ3n) is 4.04. The molecule has 2 aromatic rings. The number of benzene rings is 2. The van der Waals surface area contributed by atoms with Crippen LogP contribution in [0.3, 0.4) is 0 Å². The maximum Gasteiger partial charge on any atom is 0.240 e. The van der Waals surface area contributed by atoms with Crippen molar-refractivity contribution in [1.82, 2.24) is 5.32 Å². The average molecular weight is 447 g/mol. The van der Waals surface area contributed by atoms with Gasteiger partial charge in [0.25, 0.3) is 0 Å². The average Bonchev–Trinajstić information content (AvgIpc) is 3.08. The van der Waals surface area contributed by atoms with Gasteiger partial charge < -0.3 is 20.1 Å². The smallest absolute Gasteiger partial charge is 0.240 e. The first kappa shape index (κ1) is 21.7. The zero-order chi connectivity index (χ0) is 21.5. The summed E-state index contributed by atoms with van der Waals surface area (Å²) in [5.41, 5.74) is 1.37. The molecule has 0 saturated carbocycles. The molecule has 156 valence electrons. The molecule has 1 aliphatic heterocycles. The van der Waals surface area contributed by atoms with Crippen LogP contribution in [0.25, 0.3) is 0 Å². The molecule has 0 aromatic heterocycles. The minimum atomic E-state index is -0.577. The fourth-order valence-electron chi connectivity index (χ4n) is 2.58. The van der Waals surface area contributed by atoms with E-state index in [1.54, 1.807) is 56.7 Å². The van der Waals surface area contributed by atoms with Gasteiger partial charge in [-0.15, -0.1) is 5.10 Å². The number of ether oxygens (including phenoxy) is 2. The lowest BCUT2D eigenvalue weighted by Crippen LogP contribution is -2.28. The first-order valence-corrected chi connectivity index (χ1v) is 10.1. The summed E-state index contributed by atoms with van der Waals surface area (Å²) in [6, 6.07) is 12.1. The Hall–Kier alpha value is -3.04. The van der Waals surface area contributed by atoms with E-state index in [1.807, 2.05) is 0 Å². The van der Waals surface area contributed by atoms with E-state index >= 15 is 0 Å². The van der Waals surface area contributed by atoms with Crippen molar-refractivity contribution in [2.75, 3.05) is 19.5 Å². The number of hydrogen-bond donors (Lipinski definition) is 2. The quantitative estimate of drug-likeness (QED) is 0.502. The molecule has 1 saturated heterocycles. The number of anilines is 1. The number of amidine groups is 1. The van der Waals surface area contributed by atoms with Gasteiger partial charge in [-0.1, -0.05) is 23.4 Å². The van der Waals surface area contributed by atoms with Crippen molar-refractivity contribution in [1.29, 1.82) is 0 Å². The zero-order valence-corrected chi connectivity index (χ0v) is 17.8. The Bertz CT molecular complexity index is 995. The first-order chi connectivity index (χ1) is 14.5. The van der Waals surface area contributed by atoms with Crippen molar-refractivity contribution in [2.24, 2.45) is 10.2 Å². The number of amides is 2. The fraction of sp³-hybridized carbons (Fsp3) is 0.200. The second-order valence-corrected chi connectivity index (χ2v) is 7.75. The van der Waals surface area contributed by atoms with Crippen molar-refractivity contribution in [2.45, 2.75) is 11.7 Å². The van der Waals surface area contributed by atoms with Gasteiger partial charge in [0, 0.05) is 17.1 Å². The number of hydrogen-bond acceptors (Lipinski definition) is 7. The normalized spacial score (nSPS) is 17.2. The Kier molecular flexibility index (Phi) is 7.31. The molecule has 0 aliphatic carbocycles. The highest BCUT2D eigenvalue weighted by molar-refractivity contribution is 8.15. The van der Waals surface area contributed by atoms with Gasteiger partial charge in [0.15, 0.2) is 16.7 Å². The molecule has 1 unspecified atom stereocenters. The lowest BCUT2D eigenvalue weighted by molar-refractivity contribution is -0.122. The van der Waals surface area contributed by atoms with Crippen molar-refractivity contribution in [3.8, 4) is 11.5 Å². The van der Waals surface area contributed by atoms with E-state index in [-0.39, 0.29) is 18.2 Å². The second-order valence-electron chi connectivity index (χ2n) is 6.12. The number of halogens is 1. The SMILES string of the molecule is COc1ccc(C=NN=C2NC(=O)C(CC(=O)Nc3ccc(Cl)cc3)S2)cc1OC. The largest absolute Gasteiger partial charge is 0.493 e. The summed E-state index contributed by atoms with van der Waals surface area (Å²) in [6.07, 6.45) is 1.54. The molecule has 0 radical (unpaired) electrons. The van der Waals surface area contributed by atoms with Crippen LogP contribution in [0, 0.1) is 0 Å². The van der Waals surface area contributed by atoms with Crippen LogP contribution in [0.2, 0.25) is 5.02 Å². The maximum atomic E-state index is 12.2. The topological polar surface area (TPSA) is 101 Å². The summed E-state index contributed by atoms with van der Waals surface area (Å²) in [4.78, 5) is 24.3. The number of methoxy groups -OCH3 is 2. The van der Waals surface area contributed by atoms with Crippen molar-refractivity contribution in [3.63, 3.8) is 0 Å². The Labute approximate surface area is 182 Å². The summed E-state index contributed by atoms with van der Waals surface area (Å²) >= 11 is 6.98. The summed E-state index contributed by atoms with van der Waals surface area (Å²) < 4.78 is 10.4. The van der Waals surface area contributed by atoms with E-state index in [2.05, 4.69) is 20.8 Å². The Morgan fingerprint density at radius 3 is 2.63 bits per heavy atom. The predicted molar refractivity (Wildman–Crippen MR) is 119 cm³/mol. The highest BCUT2D eigenvalue weighted by atomic mass is 35.5. The van der Waals surface area contributed by atoms with Crippen molar-refractivity contribution < 1.29 is 19.1 Å². The number of carbonyl (C=O) groups excluding carboxylic acids is 2. The van der Waals surface area contributed by atoms with E-state index < -0.39 is 5.25 Å². The van der Waals surface area contributed by atoms with E-state index in [9.17, 15) is 9.59 Å². The lowest BCUT2D eigenvalue weighted by atomic mass is 10.2. The minimum absolute atomic E-state index is 0.0114. The third kappa shape index (κ3) is 5.74. The maximum absolute atomic E-state index is 12.2. The third-order valence-corrected chi connectivity index (χ3v) is 5.36. The van der Waals surface area contributed by atoms with E-state index in [4.69, 9.17) is 21.1 Å². The fourth-order valence-corrected chi connectivity index (χ4v) is 3.63. The van der Waals surface area contributed by atoms with Gasteiger partial charge in [-0.2, -0.15) is 5.10 Å². The number of rotatable bonds is 7. The monoisotopic (exact) mass is 446 g/mol. The molecule has 10 heteroatoms. The van der Waals surface area contributed by atoms with Crippen LogP contribution in [0.4, 0.5) is 5.69 Å². The highest BCUT2D eigenvalue weighted by Gasteiger charge is 2.32. The molecule has 30 heavy (non-hydrogen) atoms. The minimum Gasteiger partial charge on any atom is -0.493 e. The van der Waals surface area contributed by atoms with Crippen LogP contribution in [-0.2, 0) is 9.59 Å². The summed E-state index contributed by atoms with van der Waals surface area (Å²) in [6.45, 7) is 0. The van der Waals surface area contributed by atoms with Crippen LogP contribution >= 0.6 is 23.4 Å². The summed E-state index contributed by atoms with van der Waals surface area (Å²) in [5, 5.41) is 13.7. The summed E-state index contributed by atoms with van der Waals surface area (Å²) in [7, 11) is 3.11. The zero-order valence-electron chi connectivity index (χ0n) is 16.2. The lowest BCUT2D eigenvalue weighted by Gasteiger charge is -2.07. The van der Waals surface area contributed by atoms with Crippen LogP contribution in [0.15, 0.2) is 52.7 Å². The molecular weight excluding hydrogens is 428 g/mol. The van der Waals surface area contributed by atoms with Gasteiger partial charge in [-0.05, 0) is 48.0 Å². The molecule has 8 nitrogen and oxygen atoms in total. The number of nitrogens with zero attached hydrogens (tertiary/aromatic N) is 2. The number of thioether (sulfide) groups is 1. The number of nitrogens with one attached hydrogen (secondary N) is 2. The van der Waals surface area contributed by atoms with Crippen molar-refractivity contribution in [3.05, 3.63) is 53.1 Å². The van der Waals surface area contributed by atoms with Crippen LogP contribution < -0.4 is 20.1 Å². The number of carbonyl (C=O) groups is 2. The first-order valence-electron chi connectivity index (χ1n) is 8.84. The van der Waals surface area contributed by atoms with Crippen molar-refractivity contribution >= 4 is 52.2 Å². The second kappa shape index (κ2) is 10.1. The van der Waals surface area contributed by atoms with Gasteiger partial charge in [-0.3, -0.25) is 9.59 Å². The molecule has 1 atom stereocenters. The standard InChI is InChI=1S/C20H19ClN4O4S/c1-28-15-8-3-12(9-16(15)29-2)11-22-25-20-24-19(27)17(30-20)10-18(26)23-14-6-4-13(21)5-7-14/h3-9,11,17H,10H2,1-2H3,(H,23,26)(H,24,25,27).